The first kappa shape index (κ1) is 19.3. The lowest BCUT2D eigenvalue weighted by Gasteiger charge is -2.06. The number of halogens is 1. The van der Waals surface area contributed by atoms with Crippen LogP contribution in [0.1, 0.15) is 21.6 Å². The second kappa shape index (κ2) is 8.94. The van der Waals surface area contributed by atoms with Crippen LogP contribution in [0.2, 0.25) is 0 Å². The smallest absolute Gasteiger partial charge is 0.277 e. The largest absolute Gasteiger partial charge is 0.295 e. The minimum absolute atomic E-state index is 0.271. The van der Waals surface area contributed by atoms with E-state index in [1.165, 1.54) is 46.0 Å². The first-order valence-corrected chi connectivity index (χ1v) is 11.3. The highest BCUT2D eigenvalue weighted by atomic mass is 79.9. The molecule has 1 amide bonds. The molecule has 1 aromatic carbocycles. The Morgan fingerprint density at radius 3 is 2.92 bits per heavy atom. The zero-order chi connectivity index (χ0) is 18.5. The monoisotopic (exact) mass is 467 g/mol. The number of carbonyl (C=O) groups excluding carboxylic acids is 1. The number of thioether (sulfide) groups is 2. The molecule has 0 saturated heterocycles. The maximum Gasteiger partial charge on any atom is 0.277 e. The van der Waals surface area contributed by atoms with Crippen molar-refractivity contribution >= 4 is 61.8 Å². The minimum Gasteiger partial charge on any atom is -0.295 e. The quantitative estimate of drug-likeness (QED) is 0.320. The molecule has 0 aliphatic heterocycles. The van der Waals surface area contributed by atoms with Gasteiger partial charge in [0.1, 0.15) is 5.69 Å². The number of nitrogens with one attached hydrogen (secondary N) is 1. The van der Waals surface area contributed by atoms with E-state index in [1.54, 1.807) is 6.20 Å². The Bertz CT molecular complexity index is 934. The van der Waals surface area contributed by atoms with Crippen LogP contribution < -0.4 is 5.32 Å². The molecule has 0 fully saturated rings. The van der Waals surface area contributed by atoms with Gasteiger partial charge in [-0.15, -0.1) is 10.2 Å². The second-order valence-corrected chi connectivity index (χ2v) is 8.99. The first-order valence-electron chi connectivity index (χ1n) is 7.45. The van der Waals surface area contributed by atoms with E-state index in [-0.39, 0.29) is 11.6 Å². The standard InChI is InChI=1S/C16H14BrN5OS3/c1-9-4-3-5-10(6-9)8-25-14-18-7-11(17)12(19-14)13(23)20-15-21-22-16(24-2)26-15/h3-7H,8H2,1-2H3,(H,20,21,23). The summed E-state index contributed by atoms with van der Waals surface area (Å²) < 4.78 is 1.32. The molecule has 0 unspecified atom stereocenters. The number of hydrogen-bond acceptors (Lipinski definition) is 8. The van der Waals surface area contributed by atoms with Crippen LogP contribution in [0.3, 0.4) is 0 Å². The fraction of sp³-hybridized carbons (Fsp3) is 0.188. The summed E-state index contributed by atoms with van der Waals surface area (Å²) in [4.78, 5) is 21.2. The number of aromatic nitrogens is 4. The van der Waals surface area contributed by atoms with Gasteiger partial charge in [0, 0.05) is 11.9 Å². The molecule has 0 spiro atoms. The van der Waals surface area contributed by atoms with Crippen LogP contribution in [0.15, 0.2) is 44.4 Å². The van der Waals surface area contributed by atoms with Gasteiger partial charge in [-0.2, -0.15) is 0 Å². The summed E-state index contributed by atoms with van der Waals surface area (Å²) in [5.74, 6) is 0.387. The highest BCUT2D eigenvalue weighted by Crippen LogP contribution is 2.25. The Morgan fingerprint density at radius 1 is 1.35 bits per heavy atom. The first-order chi connectivity index (χ1) is 12.5. The summed E-state index contributed by atoms with van der Waals surface area (Å²) in [6.07, 6.45) is 3.50. The van der Waals surface area contributed by atoms with Gasteiger partial charge >= 0.3 is 0 Å². The van der Waals surface area contributed by atoms with Gasteiger partial charge in [-0.1, -0.05) is 64.7 Å². The molecular weight excluding hydrogens is 454 g/mol. The summed E-state index contributed by atoms with van der Waals surface area (Å²) >= 11 is 7.62. The van der Waals surface area contributed by atoms with Gasteiger partial charge in [0.15, 0.2) is 9.50 Å². The van der Waals surface area contributed by atoms with E-state index in [4.69, 9.17) is 0 Å². The maximum atomic E-state index is 12.5. The zero-order valence-electron chi connectivity index (χ0n) is 13.9. The Morgan fingerprint density at radius 2 is 2.19 bits per heavy atom. The van der Waals surface area contributed by atoms with Crippen LogP contribution in [0, 0.1) is 6.92 Å². The summed E-state index contributed by atoms with van der Waals surface area (Å²) in [7, 11) is 0. The van der Waals surface area contributed by atoms with E-state index in [1.807, 2.05) is 12.3 Å². The van der Waals surface area contributed by atoms with Crippen molar-refractivity contribution in [1.82, 2.24) is 20.2 Å². The van der Waals surface area contributed by atoms with Crippen LogP contribution in [0.4, 0.5) is 5.13 Å². The van der Waals surface area contributed by atoms with E-state index in [0.717, 1.165) is 10.1 Å². The van der Waals surface area contributed by atoms with Crippen LogP contribution in [0.5, 0.6) is 0 Å². The van der Waals surface area contributed by atoms with Crippen LogP contribution >= 0.6 is 50.8 Å². The number of nitrogens with zero attached hydrogens (tertiary/aromatic N) is 4. The van der Waals surface area contributed by atoms with E-state index >= 15 is 0 Å². The third-order valence-electron chi connectivity index (χ3n) is 3.19. The van der Waals surface area contributed by atoms with Crippen molar-refractivity contribution in [2.75, 3.05) is 11.6 Å². The summed E-state index contributed by atoms with van der Waals surface area (Å²) in [6.45, 7) is 2.06. The Balaban J connectivity index is 1.71. The highest BCUT2D eigenvalue weighted by Gasteiger charge is 2.16. The number of benzene rings is 1. The highest BCUT2D eigenvalue weighted by molar-refractivity contribution is 9.10. The van der Waals surface area contributed by atoms with Crippen molar-refractivity contribution in [2.24, 2.45) is 0 Å². The molecule has 0 aliphatic carbocycles. The van der Waals surface area contributed by atoms with Gasteiger partial charge in [0.25, 0.3) is 5.91 Å². The zero-order valence-corrected chi connectivity index (χ0v) is 17.9. The van der Waals surface area contributed by atoms with Crippen LogP contribution in [-0.2, 0) is 5.75 Å². The number of hydrogen-bond donors (Lipinski definition) is 1. The van der Waals surface area contributed by atoms with Crippen molar-refractivity contribution in [3.8, 4) is 0 Å². The molecule has 0 aliphatic rings. The lowest BCUT2D eigenvalue weighted by molar-refractivity contribution is 0.102. The fourth-order valence-electron chi connectivity index (χ4n) is 2.03. The third kappa shape index (κ3) is 5.03. The average molecular weight is 468 g/mol. The van der Waals surface area contributed by atoms with Gasteiger partial charge in [0.2, 0.25) is 5.13 Å². The van der Waals surface area contributed by atoms with Gasteiger partial charge in [-0.25, -0.2) is 9.97 Å². The molecule has 0 bridgehead atoms. The molecule has 2 aromatic heterocycles. The van der Waals surface area contributed by atoms with Crippen molar-refractivity contribution in [3.63, 3.8) is 0 Å². The van der Waals surface area contributed by atoms with E-state index in [9.17, 15) is 4.79 Å². The van der Waals surface area contributed by atoms with Gasteiger partial charge < -0.3 is 0 Å². The lowest BCUT2D eigenvalue weighted by atomic mass is 10.2. The van der Waals surface area contributed by atoms with Gasteiger partial charge in [-0.3, -0.25) is 10.1 Å². The number of aryl methyl sites for hydroxylation is 1. The van der Waals surface area contributed by atoms with E-state index in [0.29, 0.717) is 14.8 Å². The molecule has 0 radical (unpaired) electrons. The van der Waals surface area contributed by atoms with Gasteiger partial charge in [-0.05, 0) is 34.7 Å². The Hall–Kier alpha value is -1.49. The van der Waals surface area contributed by atoms with Crippen molar-refractivity contribution in [1.29, 1.82) is 0 Å². The van der Waals surface area contributed by atoms with Gasteiger partial charge in [0.05, 0.1) is 4.47 Å². The topological polar surface area (TPSA) is 80.7 Å². The summed E-state index contributed by atoms with van der Waals surface area (Å²) in [5.41, 5.74) is 2.67. The molecular formula is C16H14BrN5OS3. The molecule has 0 atom stereocenters. The van der Waals surface area contributed by atoms with Crippen LogP contribution in [-0.4, -0.2) is 32.3 Å². The minimum atomic E-state index is -0.347. The molecule has 2 heterocycles. The molecule has 1 N–H and O–H groups in total. The van der Waals surface area contributed by atoms with E-state index < -0.39 is 0 Å². The molecule has 10 heteroatoms. The molecule has 0 saturated carbocycles. The Labute approximate surface area is 171 Å². The maximum absolute atomic E-state index is 12.5. The normalized spacial score (nSPS) is 10.7. The molecule has 3 rings (SSSR count). The predicted molar refractivity (Wildman–Crippen MR) is 110 cm³/mol. The molecule has 3 aromatic rings. The second-order valence-electron chi connectivity index (χ2n) is 5.16. The SMILES string of the molecule is CSc1nnc(NC(=O)c2nc(SCc3cccc(C)c3)ncc2Br)s1. The summed E-state index contributed by atoms with van der Waals surface area (Å²) in [6, 6.07) is 8.27. The van der Waals surface area contributed by atoms with Crippen molar-refractivity contribution < 1.29 is 4.79 Å². The number of carbonyl (C=O) groups is 1. The number of amides is 1. The number of rotatable bonds is 6. The predicted octanol–water partition coefficient (Wildman–Crippen LogP) is 4.67. The average Bonchev–Trinajstić information content (AvgIpc) is 3.08. The summed E-state index contributed by atoms with van der Waals surface area (Å²) in [5, 5.41) is 11.6. The van der Waals surface area contributed by atoms with Crippen LogP contribution in [0.25, 0.3) is 0 Å². The lowest BCUT2D eigenvalue weighted by Crippen LogP contribution is -2.15. The third-order valence-corrected chi connectivity index (χ3v) is 6.52. The number of anilines is 1. The van der Waals surface area contributed by atoms with E-state index in [2.05, 4.69) is 66.5 Å². The molecule has 6 nitrogen and oxygen atoms in total. The van der Waals surface area contributed by atoms with Crippen molar-refractivity contribution in [2.45, 2.75) is 22.2 Å². The molecule has 26 heavy (non-hydrogen) atoms. The Kier molecular flexibility index (Phi) is 6.63. The van der Waals surface area contributed by atoms with Crippen molar-refractivity contribution in [3.05, 3.63) is 51.8 Å². The fourth-order valence-corrected chi connectivity index (χ4v) is 4.32. The molecule has 134 valence electrons.